The number of ketones is 2. The average molecular weight is 1010 g/mol. The highest BCUT2D eigenvalue weighted by Crippen LogP contribution is 2.39. The van der Waals surface area contributed by atoms with Gasteiger partial charge in [-0.25, -0.2) is 9.97 Å². The maximum atomic E-state index is 13.5. The highest BCUT2D eigenvalue weighted by Gasteiger charge is 2.31. The molecule has 0 fully saturated rings. The van der Waals surface area contributed by atoms with Crippen LogP contribution in [0.3, 0.4) is 0 Å². The minimum Gasteiger partial charge on any atom is -0.383 e. The molecule has 0 saturated heterocycles. The fourth-order valence-electron chi connectivity index (χ4n) is 10.2. The molecule has 6 heterocycles. The summed E-state index contributed by atoms with van der Waals surface area (Å²) in [7, 11) is 0. The van der Waals surface area contributed by atoms with E-state index in [1.165, 1.54) is 0 Å². The summed E-state index contributed by atoms with van der Waals surface area (Å²) in [5.41, 5.74) is 17.7. The number of hydrogen-bond donors (Lipinski definition) is 5. The van der Waals surface area contributed by atoms with E-state index in [0.717, 1.165) is 95.0 Å². The van der Waals surface area contributed by atoms with Crippen LogP contribution in [0.5, 0.6) is 0 Å². The highest BCUT2D eigenvalue weighted by molar-refractivity contribution is 6.30. The molecule has 4 aromatic heterocycles. The van der Waals surface area contributed by atoms with E-state index < -0.39 is 0 Å². The Bertz CT molecular complexity index is 4150. The Morgan fingerprint density at radius 1 is 0.368 bits per heavy atom. The van der Waals surface area contributed by atoms with Gasteiger partial charge in [0.05, 0.1) is 28.3 Å². The second-order valence-corrected chi connectivity index (χ2v) is 18.7. The van der Waals surface area contributed by atoms with Crippen LogP contribution in [0, 0.1) is 0 Å². The number of anilines is 4. The normalized spacial score (nSPS) is 12.3. The van der Waals surface area contributed by atoms with E-state index in [4.69, 9.17) is 21.6 Å². The van der Waals surface area contributed by atoms with Gasteiger partial charge in [0.15, 0.2) is 11.6 Å². The number of hydrogen-bond acceptors (Lipinski definition) is 10. The Hall–Kier alpha value is -10.0. The number of halogens is 1. The van der Waals surface area contributed by atoms with E-state index in [2.05, 4.69) is 138 Å². The first-order valence-corrected chi connectivity index (χ1v) is 25.2. The number of nitrogens with zero attached hydrogens (tertiary/aromatic N) is 5. The van der Waals surface area contributed by atoms with Crippen LogP contribution in [-0.4, -0.2) is 59.5 Å². The SMILES string of the molecule is O=C1c2ccccc2C(=O)c2c(NCCNc3nc(Cl)nc(Nc4ccc(-c5c6nc(c(-c7ccccc7)c7ccc([nH]7)c(-c7ccccc7)c7nc(c(-c8ccccc8)c8ccc5[nH]8)C=C7)C=C6)cc4)n3)cccc21. The standard InChI is InChI=1S/C63H43ClN10O2/c64-61-72-62(66-36-35-65-45-22-12-21-44-58(45)60(76)43-20-11-10-19-42(43)59(44)75)74-63(73-61)67-41-25-23-40(24-26-41)57-52-33-31-50(70-52)55(38-15-6-2-7-16-38)48-29-27-46(68-48)54(37-13-4-1-5-14-37)47-28-30-49(69-47)56(39-17-8-3-9-18-39)51-32-34-53(57)71-51/h1-34,65,68,71H,35-36H2,(H2,66,67,72,73,74). The zero-order valence-electron chi connectivity index (χ0n) is 40.5. The number of fused-ring (bicyclic) bond motifs is 10. The van der Waals surface area contributed by atoms with E-state index in [-0.39, 0.29) is 28.7 Å². The Kier molecular flexibility index (Phi) is 11.7. The maximum Gasteiger partial charge on any atom is 0.233 e. The molecule has 0 atom stereocenters. The van der Waals surface area contributed by atoms with E-state index >= 15 is 0 Å². The van der Waals surface area contributed by atoms with Gasteiger partial charge < -0.3 is 25.9 Å². The summed E-state index contributed by atoms with van der Waals surface area (Å²) in [6.45, 7) is 0.754. The Labute approximate surface area is 441 Å². The predicted octanol–water partition coefficient (Wildman–Crippen LogP) is 14.2. The maximum absolute atomic E-state index is 13.5. The van der Waals surface area contributed by atoms with Crippen LogP contribution in [-0.2, 0) is 0 Å². The van der Waals surface area contributed by atoms with Crippen molar-refractivity contribution in [2.75, 3.05) is 29.0 Å². The molecule has 6 aromatic carbocycles. The van der Waals surface area contributed by atoms with Crippen molar-refractivity contribution in [2.24, 2.45) is 0 Å². The van der Waals surface area contributed by atoms with Gasteiger partial charge in [0.2, 0.25) is 17.2 Å². The summed E-state index contributed by atoms with van der Waals surface area (Å²) in [6, 6.07) is 59.8. The molecular formula is C63H43ClN10O2. The van der Waals surface area contributed by atoms with Crippen LogP contribution in [0.15, 0.2) is 182 Å². The van der Waals surface area contributed by atoms with Crippen molar-refractivity contribution in [2.45, 2.75) is 0 Å². The van der Waals surface area contributed by atoms with Gasteiger partial charge in [-0.2, -0.15) is 15.0 Å². The number of aromatic amines is 2. The van der Waals surface area contributed by atoms with Crippen LogP contribution in [0.25, 0.3) is 90.9 Å². The molecule has 76 heavy (non-hydrogen) atoms. The van der Waals surface area contributed by atoms with Gasteiger partial charge in [-0.05, 0) is 101 Å². The topological polar surface area (TPSA) is 166 Å². The van der Waals surface area contributed by atoms with Gasteiger partial charge in [-0.1, -0.05) is 140 Å². The molecule has 0 spiro atoms. The fourth-order valence-corrected chi connectivity index (χ4v) is 10.4. The zero-order valence-corrected chi connectivity index (χ0v) is 41.2. The molecule has 0 amide bonds. The molecule has 0 saturated carbocycles. The first-order valence-electron chi connectivity index (χ1n) is 24.8. The van der Waals surface area contributed by atoms with Gasteiger partial charge in [0.1, 0.15) is 0 Å². The van der Waals surface area contributed by atoms with Gasteiger partial charge in [0.25, 0.3) is 0 Å². The number of nitrogens with one attached hydrogen (secondary N) is 5. The molecule has 0 unspecified atom stereocenters. The van der Waals surface area contributed by atoms with Crippen molar-refractivity contribution in [3.63, 3.8) is 0 Å². The van der Waals surface area contributed by atoms with Gasteiger partial charge >= 0.3 is 0 Å². The molecule has 12 nitrogen and oxygen atoms in total. The summed E-state index contributed by atoms with van der Waals surface area (Å²) in [6.07, 6.45) is 8.39. The van der Waals surface area contributed by atoms with E-state index in [0.29, 0.717) is 41.0 Å². The van der Waals surface area contributed by atoms with E-state index in [9.17, 15) is 9.59 Å². The number of H-pyrrole nitrogens is 2. The summed E-state index contributed by atoms with van der Waals surface area (Å²) < 4.78 is 0. The largest absolute Gasteiger partial charge is 0.383 e. The zero-order chi connectivity index (χ0) is 51.1. The summed E-state index contributed by atoms with van der Waals surface area (Å²) >= 11 is 6.46. The van der Waals surface area contributed by atoms with Crippen molar-refractivity contribution >= 4 is 92.8 Å². The lowest BCUT2D eigenvalue weighted by Gasteiger charge is -2.20. The lowest BCUT2D eigenvalue weighted by molar-refractivity contribution is 0.0979. The minimum absolute atomic E-state index is 0.00332. The Morgan fingerprint density at radius 3 is 1.29 bits per heavy atom. The van der Waals surface area contributed by atoms with Crippen molar-refractivity contribution in [3.8, 4) is 44.5 Å². The summed E-state index contributed by atoms with van der Waals surface area (Å²) in [4.78, 5) is 58.6. The molecule has 3 aliphatic rings. The van der Waals surface area contributed by atoms with Crippen LogP contribution < -0.4 is 16.0 Å². The molecule has 13 rings (SSSR count). The number of carbonyl (C=O) groups excluding carboxylic acids is 2. The molecular weight excluding hydrogens is 964 g/mol. The molecule has 1 aliphatic carbocycles. The first kappa shape index (κ1) is 45.8. The monoisotopic (exact) mass is 1010 g/mol. The number of benzene rings is 6. The van der Waals surface area contributed by atoms with Crippen molar-refractivity contribution in [1.29, 1.82) is 0 Å². The van der Waals surface area contributed by atoms with Crippen molar-refractivity contribution in [3.05, 3.63) is 232 Å². The van der Waals surface area contributed by atoms with Crippen molar-refractivity contribution < 1.29 is 9.59 Å². The third-order valence-corrected chi connectivity index (χ3v) is 13.8. The molecule has 13 heteroatoms. The fraction of sp³-hybridized carbons (Fsp3) is 0.0317. The quantitative estimate of drug-likeness (QED) is 0.0787. The second kappa shape index (κ2) is 19.4. The number of aromatic nitrogens is 7. The first-order chi connectivity index (χ1) is 37.4. The Morgan fingerprint density at radius 2 is 0.789 bits per heavy atom. The molecule has 364 valence electrons. The predicted molar refractivity (Wildman–Crippen MR) is 305 cm³/mol. The molecule has 2 aliphatic heterocycles. The summed E-state index contributed by atoms with van der Waals surface area (Å²) in [5, 5.41) is 9.82. The third kappa shape index (κ3) is 8.57. The van der Waals surface area contributed by atoms with Gasteiger partial charge in [-0.3, -0.25) is 9.59 Å². The molecule has 5 N–H and O–H groups in total. The smallest absolute Gasteiger partial charge is 0.233 e. The van der Waals surface area contributed by atoms with E-state index in [1.807, 2.05) is 66.7 Å². The van der Waals surface area contributed by atoms with Gasteiger partial charge in [-0.15, -0.1) is 0 Å². The molecule has 8 bridgehead atoms. The van der Waals surface area contributed by atoms with E-state index in [1.54, 1.807) is 42.5 Å². The van der Waals surface area contributed by atoms with Crippen LogP contribution in [0.2, 0.25) is 5.28 Å². The number of rotatable bonds is 11. The number of carbonyl (C=O) groups is 2. The van der Waals surface area contributed by atoms with Crippen LogP contribution in [0.4, 0.5) is 23.3 Å². The lowest BCUT2D eigenvalue weighted by atomic mass is 9.83. The molecule has 0 radical (unpaired) electrons. The molecule has 10 aromatic rings. The van der Waals surface area contributed by atoms with Crippen molar-refractivity contribution in [1.82, 2.24) is 34.9 Å². The van der Waals surface area contributed by atoms with Gasteiger partial charge in [0, 0.05) is 85.5 Å². The van der Waals surface area contributed by atoms with Crippen LogP contribution in [0.1, 0.15) is 54.6 Å². The second-order valence-electron chi connectivity index (χ2n) is 18.3. The third-order valence-electron chi connectivity index (χ3n) is 13.7. The average Bonchev–Trinajstić information content (AvgIpc) is 4.35. The van der Waals surface area contributed by atoms with Crippen LogP contribution >= 0.6 is 11.6 Å². The highest BCUT2D eigenvalue weighted by atomic mass is 35.5. The Balaban J connectivity index is 0.856. The summed E-state index contributed by atoms with van der Waals surface area (Å²) in [5.74, 6) is 0.145. The minimum atomic E-state index is -0.190. The lowest BCUT2D eigenvalue weighted by Crippen LogP contribution is -2.23.